The topological polar surface area (TPSA) is 72.9 Å². The van der Waals surface area contributed by atoms with E-state index in [4.69, 9.17) is 9.47 Å². The van der Waals surface area contributed by atoms with Crippen LogP contribution in [0.2, 0.25) is 0 Å². The van der Waals surface area contributed by atoms with Gasteiger partial charge in [-0.25, -0.2) is 9.59 Å². The van der Waals surface area contributed by atoms with Crippen LogP contribution in [0, 0.1) is 5.92 Å². The average Bonchev–Trinajstić information content (AvgIpc) is 2.69. The third-order valence-corrected chi connectivity index (χ3v) is 3.33. The Labute approximate surface area is 137 Å². The Balaban J connectivity index is 3.04. The van der Waals surface area contributed by atoms with E-state index in [1.807, 2.05) is 13.8 Å². The van der Waals surface area contributed by atoms with Gasteiger partial charge in [0, 0.05) is 12.5 Å². The number of Topliss-reactive ketones (excluding diaryl/α,β-unsaturated/α-hetero) is 1. The molecule has 0 aromatic heterocycles. The third-order valence-electron chi connectivity index (χ3n) is 3.33. The molecule has 0 N–H and O–H groups in total. The highest BCUT2D eigenvalue weighted by Crippen LogP contribution is 2.29. The van der Waals surface area contributed by atoms with Gasteiger partial charge in [-0.3, -0.25) is 9.69 Å². The summed E-state index contributed by atoms with van der Waals surface area (Å²) in [5.41, 5.74) is -0.708. The Morgan fingerprint density at radius 2 is 2.00 bits per heavy atom. The predicted octanol–water partition coefficient (Wildman–Crippen LogP) is 2.71. The SMILES string of the molecule is C=CCOC(=O)C1C(=O)C[C@H](CC(C)C)N1C(=O)OC(C)(C)C. The van der Waals surface area contributed by atoms with Crippen LogP contribution >= 0.6 is 0 Å². The van der Waals surface area contributed by atoms with Crippen LogP contribution < -0.4 is 0 Å². The minimum Gasteiger partial charge on any atom is -0.460 e. The number of nitrogens with zero attached hydrogens (tertiary/aromatic N) is 1. The van der Waals surface area contributed by atoms with Gasteiger partial charge in [0.1, 0.15) is 12.2 Å². The Morgan fingerprint density at radius 1 is 1.39 bits per heavy atom. The zero-order valence-electron chi connectivity index (χ0n) is 14.6. The predicted molar refractivity (Wildman–Crippen MR) is 85.9 cm³/mol. The van der Waals surface area contributed by atoms with E-state index in [1.165, 1.54) is 11.0 Å². The summed E-state index contributed by atoms with van der Waals surface area (Å²) < 4.78 is 10.4. The smallest absolute Gasteiger partial charge is 0.411 e. The van der Waals surface area contributed by atoms with Crippen LogP contribution in [0.4, 0.5) is 4.79 Å². The minimum absolute atomic E-state index is 0.000378. The van der Waals surface area contributed by atoms with E-state index in [2.05, 4.69) is 6.58 Å². The number of ketones is 1. The van der Waals surface area contributed by atoms with Gasteiger partial charge in [-0.05, 0) is 33.1 Å². The lowest BCUT2D eigenvalue weighted by Crippen LogP contribution is -2.49. The van der Waals surface area contributed by atoms with Crippen LogP contribution in [0.15, 0.2) is 12.7 Å². The summed E-state index contributed by atoms with van der Waals surface area (Å²) >= 11 is 0. The van der Waals surface area contributed by atoms with E-state index in [0.29, 0.717) is 6.42 Å². The van der Waals surface area contributed by atoms with Crippen molar-refractivity contribution in [1.82, 2.24) is 4.90 Å². The van der Waals surface area contributed by atoms with E-state index in [-0.39, 0.29) is 30.8 Å². The van der Waals surface area contributed by atoms with E-state index < -0.39 is 23.7 Å². The van der Waals surface area contributed by atoms with Crippen LogP contribution in [-0.2, 0) is 19.1 Å². The Hall–Kier alpha value is -1.85. The van der Waals surface area contributed by atoms with E-state index in [0.717, 1.165) is 0 Å². The normalized spacial score (nSPS) is 21.5. The molecule has 6 heteroatoms. The van der Waals surface area contributed by atoms with Gasteiger partial charge in [0.2, 0.25) is 0 Å². The van der Waals surface area contributed by atoms with E-state index >= 15 is 0 Å². The number of carbonyl (C=O) groups excluding carboxylic acids is 3. The van der Waals surface area contributed by atoms with Crippen molar-refractivity contribution in [2.75, 3.05) is 6.61 Å². The van der Waals surface area contributed by atoms with Crippen LogP contribution in [-0.4, -0.2) is 47.0 Å². The average molecular weight is 325 g/mol. The molecule has 0 radical (unpaired) electrons. The van der Waals surface area contributed by atoms with Crippen LogP contribution in [0.5, 0.6) is 0 Å². The van der Waals surface area contributed by atoms with Gasteiger partial charge in [-0.15, -0.1) is 0 Å². The Kier molecular flexibility index (Phi) is 6.36. The van der Waals surface area contributed by atoms with Crippen molar-refractivity contribution in [2.24, 2.45) is 5.92 Å². The Bertz CT molecular complexity index is 478. The molecule has 0 bridgehead atoms. The quantitative estimate of drug-likeness (QED) is 0.441. The molecule has 1 saturated heterocycles. The zero-order chi connectivity index (χ0) is 17.8. The fourth-order valence-corrected chi connectivity index (χ4v) is 2.58. The summed E-state index contributed by atoms with van der Waals surface area (Å²) in [5.74, 6) is -0.761. The van der Waals surface area contributed by atoms with Crippen molar-refractivity contribution in [1.29, 1.82) is 0 Å². The fraction of sp³-hybridized carbons (Fsp3) is 0.706. The maximum Gasteiger partial charge on any atom is 0.411 e. The molecule has 1 amide bonds. The number of ether oxygens (including phenoxy) is 2. The second kappa shape index (κ2) is 7.62. The molecule has 0 aromatic rings. The highest BCUT2D eigenvalue weighted by Gasteiger charge is 2.49. The van der Waals surface area contributed by atoms with E-state index in [9.17, 15) is 14.4 Å². The molecule has 1 fully saturated rings. The van der Waals surface area contributed by atoms with Crippen LogP contribution in [0.3, 0.4) is 0 Å². The molecular weight excluding hydrogens is 298 g/mol. The Morgan fingerprint density at radius 3 is 2.48 bits per heavy atom. The van der Waals surface area contributed by atoms with Gasteiger partial charge in [0.15, 0.2) is 11.8 Å². The first-order chi connectivity index (χ1) is 10.6. The molecular formula is C17H27NO5. The lowest BCUT2D eigenvalue weighted by molar-refractivity contribution is -0.150. The molecule has 2 atom stereocenters. The first-order valence-electron chi connectivity index (χ1n) is 7.88. The summed E-state index contributed by atoms with van der Waals surface area (Å²) in [6, 6.07) is -1.58. The lowest BCUT2D eigenvalue weighted by Gasteiger charge is -2.31. The number of esters is 1. The van der Waals surface area contributed by atoms with Crippen molar-refractivity contribution in [3.05, 3.63) is 12.7 Å². The molecule has 0 saturated carbocycles. The highest BCUT2D eigenvalue weighted by molar-refractivity contribution is 6.07. The fourth-order valence-electron chi connectivity index (χ4n) is 2.58. The molecule has 6 nitrogen and oxygen atoms in total. The maximum atomic E-state index is 12.5. The molecule has 130 valence electrons. The van der Waals surface area contributed by atoms with Crippen molar-refractivity contribution in [2.45, 2.75) is 65.1 Å². The number of hydrogen-bond acceptors (Lipinski definition) is 5. The van der Waals surface area contributed by atoms with Crippen molar-refractivity contribution < 1.29 is 23.9 Å². The third kappa shape index (κ3) is 5.37. The second-order valence-corrected chi connectivity index (χ2v) is 7.16. The molecule has 1 heterocycles. The number of rotatable bonds is 5. The van der Waals surface area contributed by atoms with Gasteiger partial charge in [0.25, 0.3) is 0 Å². The zero-order valence-corrected chi connectivity index (χ0v) is 14.6. The number of hydrogen-bond donors (Lipinski definition) is 0. The largest absolute Gasteiger partial charge is 0.460 e. The van der Waals surface area contributed by atoms with Gasteiger partial charge in [0.05, 0.1) is 0 Å². The lowest BCUT2D eigenvalue weighted by atomic mass is 10.0. The monoisotopic (exact) mass is 325 g/mol. The van der Waals surface area contributed by atoms with Crippen molar-refractivity contribution in [3.8, 4) is 0 Å². The first kappa shape index (κ1) is 19.2. The summed E-state index contributed by atoms with van der Waals surface area (Å²) in [6.07, 6.45) is 1.52. The summed E-state index contributed by atoms with van der Waals surface area (Å²) in [5, 5.41) is 0. The molecule has 0 spiro atoms. The van der Waals surface area contributed by atoms with Gasteiger partial charge in [-0.1, -0.05) is 26.5 Å². The number of amides is 1. The van der Waals surface area contributed by atoms with Crippen LogP contribution in [0.1, 0.15) is 47.5 Å². The molecule has 1 aliphatic heterocycles. The molecule has 0 aliphatic carbocycles. The highest BCUT2D eigenvalue weighted by atomic mass is 16.6. The summed E-state index contributed by atoms with van der Waals surface area (Å²) in [6.45, 7) is 12.7. The second-order valence-electron chi connectivity index (χ2n) is 7.16. The summed E-state index contributed by atoms with van der Waals surface area (Å²) in [4.78, 5) is 38.2. The van der Waals surface area contributed by atoms with E-state index in [1.54, 1.807) is 20.8 Å². The van der Waals surface area contributed by atoms with Crippen LogP contribution in [0.25, 0.3) is 0 Å². The number of carbonyl (C=O) groups is 3. The molecule has 1 unspecified atom stereocenters. The van der Waals surface area contributed by atoms with Crippen molar-refractivity contribution >= 4 is 17.8 Å². The maximum absolute atomic E-state index is 12.5. The molecule has 1 rings (SSSR count). The summed E-state index contributed by atoms with van der Waals surface area (Å²) in [7, 11) is 0. The molecule has 1 aliphatic rings. The van der Waals surface area contributed by atoms with Gasteiger partial charge < -0.3 is 9.47 Å². The molecule has 23 heavy (non-hydrogen) atoms. The first-order valence-corrected chi connectivity index (χ1v) is 7.88. The minimum atomic E-state index is -1.23. The molecule has 0 aromatic carbocycles. The van der Waals surface area contributed by atoms with Gasteiger partial charge in [-0.2, -0.15) is 0 Å². The van der Waals surface area contributed by atoms with Gasteiger partial charge >= 0.3 is 12.1 Å². The number of likely N-dealkylation sites (tertiary alicyclic amines) is 1. The van der Waals surface area contributed by atoms with Crippen molar-refractivity contribution in [3.63, 3.8) is 0 Å². The standard InChI is InChI=1S/C17H27NO5/c1-7-8-22-15(20)14-13(19)10-12(9-11(2)3)18(14)16(21)23-17(4,5)6/h7,11-12,14H,1,8-10H2,2-6H3/t12-,14?/m0/s1.